The number of rotatable bonds is 4. The molecule has 2 heterocycles. The summed E-state index contributed by atoms with van der Waals surface area (Å²) in [5.41, 5.74) is 1.79. The fraction of sp³-hybridized carbons (Fsp3) is 0.379. The molecule has 4 amide bonds. The van der Waals surface area contributed by atoms with E-state index in [2.05, 4.69) is 15.9 Å². The molecule has 6 atom stereocenters. The second kappa shape index (κ2) is 9.33. The van der Waals surface area contributed by atoms with Gasteiger partial charge in [-0.25, -0.2) is 0 Å². The maximum atomic E-state index is 13.9. The minimum atomic E-state index is -1.95. The third-order valence-corrected chi connectivity index (χ3v) is 10.9. The van der Waals surface area contributed by atoms with Crippen molar-refractivity contribution >= 4 is 62.8 Å². The predicted molar refractivity (Wildman–Crippen MR) is 150 cm³/mol. The van der Waals surface area contributed by atoms with E-state index in [1.54, 1.807) is 36.4 Å². The summed E-state index contributed by atoms with van der Waals surface area (Å²) < 4.78 is 0.620. The zero-order chi connectivity index (χ0) is 28.7. The number of aromatic hydroxyl groups is 2. The Kier molecular flexibility index (Phi) is 6.36. The largest absolute Gasteiger partial charge is 0.508 e. The number of hydrogen-bond acceptors (Lipinski definition) is 6. The van der Waals surface area contributed by atoms with E-state index >= 15 is 0 Å². The Labute approximate surface area is 248 Å². The number of phenolic OH excluding ortho intramolecular Hbond substituents is 2. The van der Waals surface area contributed by atoms with Crippen molar-refractivity contribution in [3.8, 4) is 11.5 Å². The average molecular weight is 648 g/mol. The number of allylic oxidation sites excluding steroid dienone is 2. The molecule has 8 nitrogen and oxygen atoms in total. The maximum Gasteiger partial charge on any atom is 0.253 e. The number of benzene rings is 2. The molecular formula is C29H25BrCl2N2O6. The van der Waals surface area contributed by atoms with Crippen LogP contribution in [-0.2, 0) is 25.6 Å². The van der Waals surface area contributed by atoms with Crippen LogP contribution in [0.5, 0.6) is 11.5 Å². The van der Waals surface area contributed by atoms with Crippen LogP contribution in [0.25, 0.3) is 0 Å². The molecule has 2 N–H and O–H groups in total. The van der Waals surface area contributed by atoms with Gasteiger partial charge in [0.25, 0.3) is 11.8 Å². The zero-order valence-electron chi connectivity index (χ0n) is 21.3. The van der Waals surface area contributed by atoms with Gasteiger partial charge in [0, 0.05) is 29.5 Å². The summed E-state index contributed by atoms with van der Waals surface area (Å²) in [6.07, 6.45) is 2.40. The number of phenols is 2. The van der Waals surface area contributed by atoms with Crippen molar-refractivity contribution in [2.45, 2.75) is 34.9 Å². The second-order valence-electron chi connectivity index (χ2n) is 10.9. The van der Waals surface area contributed by atoms with Gasteiger partial charge in [0.05, 0.1) is 11.8 Å². The van der Waals surface area contributed by atoms with E-state index in [0.29, 0.717) is 22.0 Å². The molecule has 4 aliphatic rings. The Morgan fingerprint density at radius 3 is 2.38 bits per heavy atom. The van der Waals surface area contributed by atoms with E-state index in [1.807, 2.05) is 6.08 Å². The lowest BCUT2D eigenvalue weighted by atomic mass is 9.56. The van der Waals surface area contributed by atoms with E-state index in [0.717, 1.165) is 10.5 Å². The van der Waals surface area contributed by atoms with Gasteiger partial charge in [-0.05, 0) is 61.1 Å². The standard InChI is InChI=1S/C29H25BrCl2N2O6/c1-33-26(39)28(31)13-20-17(23(29(28,32)27(33)40)19-12-15(30)4-9-21(19)36)7-8-18-22(20)25(38)34(24(18)37)11-10-14-2-5-16(35)6-3-14/h2-7,9,12,18,20,22-23,35-36H,8,10-11,13H2,1H3/t18-,20+,22-,23+,28+,29-/m0/s1. The van der Waals surface area contributed by atoms with Gasteiger partial charge in [-0.15, -0.1) is 23.2 Å². The number of carbonyl (C=O) groups excluding carboxylic acids is 4. The Morgan fingerprint density at radius 2 is 1.68 bits per heavy atom. The molecule has 2 saturated heterocycles. The molecule has 11 heteroatoms. The van der Waals surface area contributed by atoms with Crippen molar-refractivity contribution < 1.29 is 29.4 Å². The third-order valence-electron chi connectivity index (χ3n) is 8.97. The average Bonchev–Trinajstić information content (AvgIpc) is 3.24. The lowest BCUT2D eigenvalue weighted by molar-refractivity contribution is -0.141. The first kappa shape index (κ1) is 27.3. The van der Waals surface area contributed by atoms with Crippen LogP contribution in [0.15, 0.2) is 58.6 Å². The fourth-order valence-electron chi connectivity index (χ4n) is 7.04. The zero-order valence-corrected chi connectivity index (χ0v) is 24.4. The van der Waals surface area contributed by atoms with Crippen LogP contribution in [0.1, 0.15) is 29.9 Å². The van der Waals surface area contributed by atoms with Gasteiger partial charge in [-0.1, -0.05) is 39.7 Å². The van der Waals surface area contributed by atoms with Crippen LogP contribution < -0.4 is 0 Å². The minimum absolute atomic E-state index is 0.101. The van der Waals surface area contributed by atoms with E-state index < -0.39 is 45.2 Å². The molecule has 0 spiro atoms. The van der Waals surface area contributed by atoms with Gasteiger partial charge in [0.1, 0.15) is 11.5 Å². The van der Waals surface area contributed by atoms with Gasteiger partial charge >= 0.3 is 0 Å². The first-order chi connectivity index (χ1) is 18.9. The molecule has 0 aromatic heterocycles. The highest BCUT2D eigenvalue weighted by Gasteiger charge is 2.76. The Morgan fingerprint density at radius 1 is 0.975 bits per heavy atom. The van der Waals surface area contributed by atoms with Gasteiger partial charge in [-0.2, -0.15) is 0 Å². The first-order valence-electron chi connectivity index (χ1n) is 12.9. The molecule has 40 heavy (non-hydrogen) atoms. The van der Waals surface area contributed by atoms with Crippen LogP contribution in [0.3, 0.4) is 0 Å². The van der Waals surface area contributed by atoms with Crippen LogP contribution >= 0.6 is 39.1 Å². The van der Waals surface area contributed by atoms with E-state index in [9.17, 15) is 29.4 Å². The number of amides is 4. The van der Waals surface area contributed by atoms with Gasteiger partial charge in [0.15, 0.2) is 9.75 Å². The number of nitrogens with zero attached hydrogens (tertiary/aromatic N) is 2. The summed E-state index contributed by atoms with van der Waals surface area (Å²) in [4.78, 5) is 52.8. The molecule has 3 fully saturated rings. The summed E-state index contributed by atoms with van der Waals surface area (Å²) in [6.45, 7) is 0.166. The molecule has 0 radical (unpaired) electrons. The van der Waals surface area contributed by atoms with Gasteiger partial charge < -0.3 is 10.2 Å². The Bertz CT molecular complexity index is 1510. The quantitative estimate of drug-likeness (QED) is 0.294. The number of halogens is 3. The fourth-order valence-corrected chi connectivity index (χ4v) is 8.43. The van der Waals surface area contributed by atoms with E-state index in [4.69, 9.17) is 23.2 Å². The van der Waals surface area contributed by atoms with Crippen LogP contribution in [0, 0.1) is 17.8 Å². The molecule has 208 valence electrons. The van der Waals surface area contributed by atoms with Crippen molar-refractivity contribution in [1.82, 2.24) is 9.80 Å². The number of fused-ring (bicyclic) bond motifs is 4. The molecule has 2 aliphatic carbocycles. The second-order valence-corrected chi connectivity index (χ2v) is 13.1. The van der Waals surface area contributed by atoms with Crippen molar-refractivity contribution in [3.05, 3.63) is 69.7 Å². The van der Waals surface area contributed by atoms with Gasteiger partial charge in [-0.3, -0.25) is 29.0 Å². The summed E-state index contributed by atoms with van der Waals surface area (Å²) in [6, 6.07) is 11.3. The van der Waals surface area contributed by atoms with Crippen molar-refractivity contribution in [2.24, 2.45) is 17.8 Å². The van der Waals surface area contributed by atoms with Crippen LogP contribution in [0.2, 0.25) is 0 Å². The van der Waals surface area contributed by atoms with E-state index in [-0.39, 0.29) is 42.7 Å². The normalized spacial score (nSPS) is 33.1. The monoisotopic (exact) mass is 646 g/mol. The van der Waals surface area contributed by atoms with Crippen LogP contribution in [-0.4, -0.2) is 67.0 Å². The molecule has 2 aromatic carbocycles. The first-order valence-corrected chi connectivity index (χ1v) is 14.5. The van der Waals surface area contributed by atoms with Crippen molar-refractivity contribution in [1.29, 1.82) is 0 Å². The summed E-state index contributed by atoms with van der Waals surface area (Å²) in [5, 5.41) is 20.5. The predicted octanol–water partition coefficient (Wildman–Crippen LogP) is 4.09. The highest BCUT2D eigenvalue weighted by Crippen LogP contribution is 2.66. The highest BCUT2D eigenvalue weighted by atomic mass is 79.9. The molecule has 0 bridgehead atoms. The molecule has 6 rings (SSSR count). The summed E-state index contributed by atoms with van der Waals surface area (Å²) in [5.74, 6) is -5.07. The Balaban J connectivity index is 1.42. The van der Waals surface area contributed by atoms with Gasteiger partial charge in [0.2, 0.25) is 11.8 Å². The molecule has 2 aromatic rings. The van der Waals surface area contributed by atoms with Crippen molar-refractivity contribution in [3.63, 3.8) is 0 Å². The highest BCUT2D eigenvalue weighted by molar-refractivity contribution is 9.10. The van der Waals surface area contributed by atoms with E-state index in [1.165, 1.54) is 18.0 Å². The number of imide groups is 2. The SMILES string of the molecule is CN1C(=O)[C@]2(Cl)C[C@@H]3C(=CC[C@@H]4C(=O)N(CCc5ccc(O)cc5)C(=O)[C@@H]43)[C@H](c3cc(Br)ccc3O)[C@]2(Cl)C1=O. The topological polar surface area (TPSA) is 115 Å². The lowest BCUT2D eigenvalue weighted by Crippen LogP contribution is -2.60. The molecule has 2 aliphatic heterocycles. The van der Waals surface area contributed by atoms with Crippen molar-refractivity contribution in [2.75, 3.05) is 13.6 Å². The molecule has 0 unspecified atom stereocenters. The molecule has 1 saturated carbocycles. The number of alkyl halides is 2. The third kappa shape index (κ3) is 3.63. The maximum absolute atomic E-state index is 13.9. The summed E-state index contributed by atoms with van der Waals surface area (Å²) >= 11 is 17.7. The number of carbonyl (C=O) groups is 4. The smallest absolute Gasteiger partial charge is 0.253 e. The minimum Gasteiger partial charge on any atom is -0.508 e. The summed E-state index contributed by atoms with van der Waals surface area (Å²) in [7, 11) is 1.32. The van der Waals surface area contributed by atoms with Crippen LogP contribution in [0.4, 0.5) is 0 Å². The Hall–Kier alpha value is -2.88. The number of likely N-dealkylation sites (tertiary alicyclic amines) is 2. The molecular weight excluding hydrogens is 623 g/mol. The number of hydrogen-bond donors (Lipinski definition) is 2. The lowest BCUT2D eigenvalue weighted by Gasteiger charge is -2.50.